The van der Waals surface area contributed by atoms with E-state index in [0.29, 0.717) is 18.1 Å². The molecule has 3 aliphatic heterocycles. The Hall–Kier alpha value is -1.12. The summed E-state index contributed by atoms with van der Waals surface area (Å²) >= 11 is 0.230. The molecule has 180 valence electrons. The van der Waals surface area contributed by atoms with Crippen LogP contribution in [0.2, 0.25) is 9.88 Å². The Bertz CT molecular complexity index is 836. The molecule has 0 N–H and O–H groups in total. The Labute approximate surface area is 209 Å². The molecule has 1 aromatic heterocycles. The molecule has 4 atom stereocenters. The van der Waals surface area contributed by atoms with E-state index >= 15 is 0 Å². The summed E-state index contributed by atoms with van der Waals surface area (Å²) in [6.45, 7) is 1.99. The van der Waals surface area contributed by atoms with Crippen LogP contribution in [0.3, 0.4) is 0 Å². The van der Waals surface area contributed by atoms with Gasteiger partial charge in [0.2, 0.25) is 0 Å². The van der Waals surface area contributed by atoms with Gasteiger partial charge in [0.15, 0.2) is 0 Å². The minimum absolute atomic E-state index is 0.230. The summed E-state index contributed by atoms with van der Waals surface area (Å²) in [6, 6.07) is 9.65. The second kappa shape index (κ2) is 13.1. The maximum Gasteiger partial charge on any atom is -0.0385 e. The molecule has 6 rings (SSSR count). The molecular weight excluding hydrogens is 515 g/mol. The van der Waals surface area contributed by atoms with E-state index in [1.807, 2.05) is 24.3 Å². The van der Waals surface area contributed by atoms with Crippen molar-refractivity contribution in [2.75, 3.05) is 13.1 Å². The van der Waals surface area contributed by atoms with Gasteiger partial charge in [-0.05, 0) is 23.1 Å². The van der Waals surface area contributed by atoms with Crippen LogP contribution >= 0.6 is 0 Å². The van der Waals surface area contributed by atoms with Crippen LogP contribution in [0.25, 0.3) is 27.0 Å². The van der Waals surface area contributed by atoms with Crippen molar-refractivity contribution < 1.29 is 0 Å². The first-order valence-electron chi connectivity index (χ1n) is 12.9. The average Bonchev–Trinajstić information content (AvgIpc) is 3.51. The Morgan fingerprint density at radius 3 is 2.15 bits per heavy atom. The molecule has 0 amide bonds. The predicted molar refractivity (Wildman–Crippen MR) is 140 cm³/mol. The van der Waals surface area contributed by atoms with Crippen LogP contribution < -0.4 is 4.98 Å². The summed E-state index contributed by atoms with van der Waals surface area (Å²) in [7, 11) is 0. The van der Waals surface area contributed by atoms with E-state index in [0.717, 1.165) is 42.2 Å². The molecule has 2 radical (unpaired) electrons. The molecule has 4 aliphatic rings. The number of aromatic nitrogens is 2. The van der Waals surface area contributed by atoms with Gasteiger partial charge in [0.05, 0.1) is 0 Å². The van der Waals surface area contributed by atoms with Crippen molar-refractivity contribution in [2.24, 2.45) is 4.99 Å². The van der Waals surface area contributed by atoms with Crippen LogP contribution in [-0.4, -0.2) is 63.2 Å². The normalized spacial score (nSPS) is 29.0. The first-order valence-corrected chi connectivity index (χ1v) is 18.6. The number of benzene rings is 1. The van der Waals surface area contributed by atoms with Gasteiger partial charge in [0.25, 0.3) is 0 Å². The number of aliphatic imine (C=N–C) groups is 1. The number of piperidine rings is 2. The van der Waals surface area contributed by atoms with Gasteiger partial charge in [0, 0.05) is 0 Å². The van der Waals surface area contributed by atoms with Gasteiger partial charge in [-0.15, -0.1) is 31.0 Å². The van der Waals surface area contributed by atoms with E-state index in [-0.39, 0.29) is 27.2 Å². The molecule has 4 heterocycles. The maximum atomic E-state index is 4.79. The van der Waals surface area contributed by atoms with E-state index in [1.54, 1.807) is 0 Å². The summed E-state index contributed by atoms with van der Waals surface area (Å²) in [6.07, 6.45) is 12.5. The molecule has 2 aromatic rings. The zero-order chi connectivity index (χ0) is 22.9. The van der Waals surface area contributed by atoms with Gasteiger partial charge in [-0.3, -0.25) is 0 Å². The molecule has 0 spiro atoms. The van der Waals surface area contributed by atoms with Crippen molar-refractivity contribution in [2.45, 2.75) is 98.3 Å². The first-order chi connectivity index (χ1) is 16.3. The molecular formula is C26H38N6Sn-4. The number of para-hydroxylation sites is 2. The summed E-state index contributed by atoms with van der Waals surface area (Å²) in [5, 5.41) is 14.0. The van der Waals surface area contributed by atoms with Gasteiger partial charge >= 0.3 is 31.0 Å². The van der Waals surface area contributed by atoms with E-state index < -0.39 is 0 Å². The maximum absolute atomic E-state index is 4.79. The largest absolute Gasteiger partial charge is 0.656 e. The van der Waals surface area contributed by atoms with Crippen LogP contribution in [0, 0.1) is 0 Å². The quantitative estimate of drug-likeness (QED) is 0.394. The minimum Gasteiger partial charge on any atom is -0.656 e. The van der Waals surface area contributed by atoms with Crippen LogP contribution in [0.5, 0.6) is 0 Å². The Morgan fingerprint density at radius 1 is 0.818 bits per heavy atom. The van der Waals surface area contributed by atoms with Crippen LogP contribution in [0.15, 0.2) is 29.3 Å². The third-order valence-corrected chi connectivity index (χ3v) is 6.71. The second-order valence-corrected chi connectivity index (χ2v) is 12.3. The van der Waals surface area contributed by atoms with E-state index in [1.165, 1.54) is 57.8 Å². The zero-order valence-corrected chi connectivity index (χ0v) is 23.1. The predicted octanol–water partition coefficient (Wildman–Crippen LogP) is 6.59. The van der Waals surface area contributed by atoms with Crippen molar-refractivity contribution in [3.8, 4) is 0 Å². The minimum atomic E-state index is 0.230. The van der Waals surface area contributed by atoms with Gasteiger partial charge in [-0.1, -0.05) is 94.3 Å². The first kappa shape index (κ1) is 25.0. The Balaban J connectivity index is 0.000000141. The topological polar surface area (TPSA) is 81.7 Å². The van der Waals surface area contributed by atoms with Gasteiger partial charge in [0.1, 0.15) is 0 Å². The molecule has 3 fully saturated rings. The fraction of sp³-hybridized carbons (Fsp3) is 0.692. The number of nitrogens with zero attached hydrogens (tertiary/aromatic N) is 6. The van der Waals surface area contributed by atoms with Gasteiger partial charge in [-0.25, -0.2) is 0 Å². The third kappa shape index (κ3) is 6.95. The fourth-order valence-corrected chi connectivity index (χ4v) is 5.01. The number of imidazole rings is 1. The molecule has 1 saturated carbocycles. The van der Waals surface area contributed by atoms with Crippen molar-refractivity contribution in [3.05, 3.63) is 46.0 Å². The van der Waals surface area contributed by atoms with Crippen LogP contribution in [0.1, 0.15) is 76.1 Å². The molecule has 1 aromatic carbocycles. The number of rotatable bonds is 2. The summed E-state index contributed by atoms with van der Waals surface area (Å²) in [4.78, 5) is 18.4. The number of hydrogen-bond acceptors (Lipinski definition) is 2. The van der Waals surface area contributed by atoms with Crippen LogP contribution in [-0.2, 0) is 0 Å². The van der Waals surface area contributed by atoms with Gasteiger partial charge in [-0.2, -0.15) is 0 Å². The monoisotopic (exact) mass is 554 g/mol. The number of hydrogen-bond donors (Lipinski definition) is 0. The summed E-state index contributed by atoms with van der Waals surface area (Å²) in [5.41, 5.74) is 1.99. The van der Waals surface area contributed by atoms with Crippen molar-refractivity contribution >= 4 is 38.0 Å². The standard InChI is InChI=1S/C12H19N3.C12H13N3.2CH3.Sn/c2*1-2-6-10-9(5-1)14-12(15-10)11-7-3-4-8-13-11;;;/h9-11H,1-8H2;1-2,5-6,11H,3-4,7-8H2;2*1H3;/q2*-2;;;. The molecule has 7 heteroatoms. The summed E-state index contributed by atoms with van der Waals surface area (Å²) in [5.74, 6) is 2.00. The Morgan fingerprint density at radius 2 is 1.48 bits per heavy atom. The van der Waals surface area contributed by atoms with Crippen molar-refractivity contribution in [3.63, 3.8) is 0 Å². The molecule has 2 saturated heterocycles. The molecule has 6 nitrogen and oxygen atoms in total. The zero-order valence-electron chi connectivity index (χ0n) is 20.3. The fourth-order valence-electron chi connectivity index (χ4n) is 5.01. The van der Waals surface area contributed by atoms with Crippen molar-refractivity contribution in [1.82, 2.24) is 9.97 Å². The van der Waals surface area contributed by atoms with E-state index in [4.69, 9.17) is 10.3 Å². The number of fused-ring (bicyclic) bond motifs is 2. The Kier molecular flexibility index (Phi) is 9.92. The summed E-state index contributed by atoms with van der Waals surface area (Å²) < 4.78 is 0. The van der Waals surface area contributed by atoms with E-state index in [9.17, 15) is 0 Å². The molecule has 4 unspecified atom stereocenters. The number of amidine groups is 1. The van der Waals surface area contributed by atoms with Gasteiger partial charge < -0.3 is 30.9 Å². The smallest absolute Gasteiger partial charge is 0.0385 e. The van der Waals surface area contributed by atoms with E-state index in [2.05, 4.69) is 30.5 Å². The van der Waals surface area contributed by atoms with Crippen molar-refractivity contribution in [1.29, 1.82) is 0 Å². The second-order valence-electron chi connectivity index (χ2n) is 9.44. The van der Waals surface area contributed by atoms with Crippen LogP contribution in [0.4, 0.5) is 0 Å². The molecule has 1 aliphatic carbocycles. The SMILES string of the molecule is C1CCC(C2=NC3CCCCC3[N-]2)[N-]C1.[CH3][Sn][CH3].c1ccc2[n-]c(C3CCCC[N-]3)nc2c1. The third-order valence-electron chi connectivity index (χ3n) is 6.71. The molecule has 0 bridgehead atoms. The molecule has 33 heavy (non-hydrogen) atoms. The average molecular weight is 553 g/mol.